The molecular formula is C14H12N2O5. The molecular weight excluding hydrogens is 276 g/mol. The van der Waals surface area contributed by atoms with E-state index in [1.807, 2.05) is 0 Å². The second kappa shape index (κ2) is 6.38. The minimum absolute atomic E-state index is 0.131. The minimum atomic E-state index is -0.714. The SMILES string of the molecule is COc1cc([N+](=O)[O-])ccc1NC(=O)Oc1ccccc1. The van der Waals surface area contributed by atoms with E-state index in [0.717, 1.165) is 0 Å². The summed E-state index contributed by atoms with van der Waals surface area (Å²) in [6.45, 7) is 0. The zero-order valence-corrected chi connectivity index (χ0v) is 11.1. The van der Waals surface area contributed by atoms with Crippen LogP contribution in [0.3, 0.4) is 0 Å². The second-order valence-electron chi connectivity index (χ2n) is 3.97. The van der Waals surface area contributed by atoms with Gasteiger partial charge in [-0.05, 0) is 18.2 Å². The largest absolute Gasteiger partial charge is 0.494 e. The number of amides is 1. The Labute approximate surface area is 120 Å². The van der Waals surface area contributed by atoms with Gasteiger partial charge in [-0.25, -0.2) is 4.79 Å². The third-order valence-corrected chi connectivity index (χ3v) is 2.59. The van der Waals surface area contributed by atoms with Gasteiger partial charge in [0.15, 0.2) is 0 Å². The lowest BCUT2D eigenvalue weighted by Crippen LogP contribution is -2.17. The standard InChI is InChI=1S/C14H12N2O5/c1-20-13-9-10(16(18)19)7-8-12(13)15-14(17)21-11-5-3-2-4-6-11/h2-9H,1H3,(H,15,17). The van der Waals surface area contributed by atoms with Crippen molar-refractivity contribution in [2.45, 2.75) is 0 Å². The molecule has 0 saturated carbocycles. The topological polar surface area (TPSA) is 90.7 Å². The van der Waals surface area contributed by atoms with Crippen LogP contribution in [0.5, 0.6) is 11.5 Å². The van der Waals surface area contributed by atoms with Crippen molar-refractivity contribution >= 4 is 17.5 Å². The number of carbonyl (C=O) groups excluding carboxylic acids is 1. The Hall–Kier alpha value is -3.09. The average Bonchev–Trinajstić information content (AvgIpc) is 2.48. The molecule has 0 aliphatic rings. The number of para-hydroxylation sites is 1. The summed E-state index contributed by atoms with van der Waals surface area (Å²) in [6.07, 6.45) is -0.714. The summed E-state index contributed by atoms with van der Waals surface area (Å²) < 4.78 is 10.1. The predicted octanol–water partition coefficient (Wildman–Crippen LogP) is 3.21. The number of rotatable bonds is 4. The van der Waals surface area contributed by atoms with E-state index in [1.54, 1.807) is 30.3 Å². The number of carbonyl (C=O) groups is 1. The van der Waals surface area contributed by atoms with Gasteiger partial charge >= 0.3 is 6.09 Å². The lowest BCUT2D eigenvalue weighted by molar-refractivity contribution is -0.384. The summed E-state index contributed by atoms with van der Waals surface area (Å²) >= 11 is 0. The molecule has 2 rings (SSSR count). The maximum atomic E-state index is 11.7. The third kappa shape index (κ3) is 3.69. The van der Waals surface area contributed by atoms with E-state index in [-0.39, 0.29) is 17.1 Å². The van der Waals surface area contributed by atoms with Crippen molar-refractivity contribution in [1.82, 2.24) is 0 Å². The normalized spacial score (nSPS) is 9.76. The summed E-state index contributed by atoms with van der Waals surface area (Å²) in [5.74, 6) is 0.560. The molecule has 7 heteroatoms. The van der Waals surface area contributed by atoms with Crippen LogP contribution in [0.2, 0.25) is 0 Å². The number of hydrogen-bond acceptors (Lipinski definition) is 5. The van der Waals surface area contributed by atoms with Crippen LogP contribution in [-0.2, 0) is 0 Å². The maximum absolute atomic E-state index is 11.7. The Bertz CT molecular complexity index is 658. The van der Waals surface area contributed by atoms with Gasteiger partial charge in [-0.1, -0.05) is 18.2 Å². The van der Waals surface area contributed by atoms with Crippen LogP contribution < -0.4 is 14.8 Å². The third-order valence-electron chi connectivity index (χ3n) is 2.59. The van der Waals surface area contributed by atoms with Crippen LogP contribution >= 0.6 is 0 Å². The predicted molar refractivity (Wildman–Crippen MR) is 75.7 cm³/mol. The Balaban J connectivity index is 2.12. The molecule has 0 bridgehead atoms. The van der Waals surface area contributed by atoms with E-state index in [0.29, 0.717) is 5.75 Å². The number of anilines is 1. The molecule has 21 heavy (non-hydrogen) atoms. The fraction of sp³-hybridized carbons (Fsp3) is 0.0714. The van der Waals surface area contributed by atoms with Gasteiger partial charge in [0.25, 0.3) is 5.69 Å². The van der Waals surface area contributed by atoms with Crippen molar-refractivity contribution < 1.29 is 19.2 Å². The number of nitrogens with one attached hydrogen (secondary N) is 1. The number of nitrogens with zero attached hydrogens (tertiary/aromatic N) is 1. The van der Waals surface area contributed by atoms with Crippen molar-refractivity contribution in [3.05, 3.63) is 58.6 Å². The minimum Gasteiger partial charge on any atom is -0.494 e. The lowest BCUT2D eigenvalue weighted by Gasteiger charge is -2.10. The van der Waals surface area contributed by atoms with E-state index in [2.05, 4.69) is 5.32 Å². The molecule has 2 aromatic carbocycles. The van der Waals surface area contributed by atoms with Crippen LogP contribution in [0.1, 0.15) is 0 Å². The number of nitro benzene ring substituents is 1. The molecule has 0 aliphatic heterocycles. The van der Waals surface area contributed by atoms with E-state index in [4.69, 9.17) is 9.47 Å². The van der Waals surface area contributed by atoms with Crippen LogP contribution in [0, 0.1) is 10.1 Å². The highest BCUT2D eigenvalue weighted by molar-refractivity contribution is 5.88. The van der Waals surface area contributed by atoms with Crippen molar-refractivity contribution in [3.8, 4) is 11.5 Å². The quantitative estimate of drug-likeness (QED) is 0.689. The first-order valence-corrected chi connectivity index (χ1v) is 5.96. The van der Waals surface area contributed by atoms with Crippen molar-refractivity contribution in [2.75, 3.05) is 12.4 Å². The summed E-state index contributed by atoms with van der Waals surface area (Å²) in [7, 11) is 1.35. The summed E-state index contributed by atoms with van der Waals surface area (Å²) in [4.78, 5) is 21.9. The van der Waals surface area contributed by atoms with Crippen molar-refractivity contribution in [2.24, 2.45) is 0 Å². The van der Waals surface area contributed by atoms with E-state index < -0.39 is 11.0 Å². The smallest absolute Gasteiger partial charge is 0.417 e. The number of hydrogen-bond donors (Lipinski definition) is 1. The van der Waals surface area contributed by atoms with Gasteiger partial charge in [0.2, 0.25) is 0 Å². The zero-order valence-electron chi connectivity index (χ0n) is 11.1. The van der Waals surface area contributed by atoms with Gasteiger partial charge in [-0.3, -0.25) is 15.4 Å². The molecule has 0 aliphatic carbocycles. The summed E-state index contributed by atoms with van der Waals surface area (Å²) in [5.41, 5.74) is 0.151. The lowest BCUT2D eigenvalue weighted by atomic mass is 10.2. The van der Waals surface area contributed by atoms with Gasteiger partial charge in [0, 0.05) is 6.07 Å². The molecule has 1 N–H and O–H groups in total. The first-order valence-electron chi connectivity index (χ1n) is 5.96. The second-order valence-corrected chi connectivity index (χ2v) is 3.97. The molecule has 108 valence electrons. The summed E-state index contributed by atoms with van der Waals surface area (Å²) in [5, 5.41) is 13.1. The molecule has 1 amide bonds. The molecule has 0 unspecified atom stereocenters. The van der Waals surface area contributed by atoms with E-state index in [9.17, 15) is 14.9 Å². The maximum Gasteiger partial charge on any atom is 0.417 e. The van der Waals surface area contributed by atoms with Gasteiger partial charge < -0.3 is 9.47 Å². The highest BCUT2D eigenvalue weighted by Gasteiger charge is 2.14. The first kappa shape index (κ1) is 14.3. The van der Waals surface area contributed by atoms with Crippen molar-refractivity contribution in [1.29, 1.82) is 0 Å². The molecule has 0 saturated heterocycles. The Morgan fingerprint density at radius 3 is 2.52 bits per heavy atom. The van der Waals surface area contributed by atoms with E-state index in [1.165, 1.54) is 25.3 Å². The fourth-order valence-corrected chi connectivity index (χ4v) is 1.63. The highest BCUT2D eigenvalue weighted by Crippen LogP contribution is 2.29. The molecule has 0 heterocycles. The highest BCUT2D eigenvalue weighted by atomic mass is 16.6. The zero-order chi connectivity index (χ0) is 15.2. The van der Waals surface area contributed by atoms with Crippen molar-refractivity contribution in [3.63, 3.8) is 0 Å². The molecule has 0 atom stereocenters. The average molecular weight is 288 g/mol. The molecule has 0 spiro atoms. The van der Waals surface area contributed by atoms with Gasteiger partial charge in [0.05, 0.1) is 23.8 Å². The van der Waals surface area contributed by atoms with E-state index >= 15 is 0 Å². The van der Waals surface area contributed by atoms with Crippen LogP contribution in [0.4, 0.5) is 16.2 Å². The number of methoxy groups -OCH3 is 1. The van der Waals surface area contributed by atoms with Crippen LogP contribution in [-0.4, -0.2) is 18.1 Å². The monoisotopic (exact) mass is 288 g/mol. The summed E-state index contributed by atoms with van der Waals surface area (Å²) in [6, 6.07) is 12.4. The molecule has 2 aromatic rings. The number of non-ortho nitro benzene ring substituents is 1. The Kier molecular flexibility index (Phi) is 4.35. The number of nitro groups is 1. The molecule has 0 radical (unpaired) electrons. The van der Waals surface area contributed by atoms with Gasteiger partial charge in [0.1, 0.15) is 11.5 Å². The molecule has 0 aromatic heterocycles. The van der Waals surface area contributed by atoms with Crippen LogP contribution in [0.25, 0.3) is 0 Å². The molecule has 7 nitrogen and oxygen atoms in total. The molecule has 0 fully saturated rings. The Morgan fingerprint density at radius 1 is 1.19 bits per heavy atom. The Morgan fingerprint density at radius 2 is 1.90 bits per heavy atom. The van der Waals surface area contributed by atoms with Gasteiger partial charge in [-0.2, -0.15) is 0 Å². The van der Waals surface area contributed by atoms with Crippen LogP contribution in [0.15, 0.2) is 48.5 Å². The number of benzene rings is 2. The van der Waals surface area contributed by atoms with Gasteiger partial charge in [-0.15, -0.1) is 0 Å². The fourth-order valence-electron chi connectivity index (χ4n) is 1.63. The number of ether oxygens (including phenoxy) is 2. The first-order chi connectivity index (χ1) is 10.1.